The Kier molecular flexibility index (Phi) is 5.94. The van der Waals surface area contributed by atoms with Gasteiger partial charge in [0, 0.05) is 17.1 Å². The van der Waals surface area contributed by atoms with Gasteiger partial charge in [-0.3, -0.25) is 14.5 Å². The smallest absolute Gasteiger partial charge is 0.264 e. The summed E-state index contributed by atoms with van der Waals surface area (Å²) in [7, 11) is -3.89. The number of benzene rings is 2. The van der Waals surface area contributed by atoms with Gasteiger partial charge in [-0.25, -0.2) is 8.42 Å². The molecule has 2 aromatic carbocycles. The third kappa shape index (κ3) is 4.72. The number of hydrogen-bond acceptors (Lipinski definition) is 5. The molecule has 1 unspecified atom stereocenters. The van der Waals surface area contributed by atoms with Crippen LogP contribution in [0.25, 0.3) is 10.9 Å². The number of β-amino-alcohol motifs (C(OH)–C–C–N with tert-alkyl or cyclic N) is 1. The van der Waals surface area contributed by atoms with Crippen LogP contribution in [0, 0.1) is 12.8 Å². The fourth-order valence-corrected chi connectivity index (χ4v) is 6.11. The summed E-state index contributed by atoms with van der Waals surface area (Å²) in [5.74, 6) is 0.109. The first-order chi connectivity index (χ1) is 16.7. The van der Waals surface area contributed by atoms with Crippen LogP contribution in [0.3, 0.4) is 0 Å². The van der Waals surface area contributed by atoms with Gasteiger partial charge in [0.05, 0.1) is 24.3 Å². The number of sulfonamides is 1. The van der Waals surface area contributed by atoms with Gasteiger partial charge in [0.25, 0.3) is 15.9 Å². The summed E-state index contributed by atoms with van der Waals surface area (Å²) in [5.41, 5.74) is 1.01. The number of nitrogens with one attached hydrogen (secondary N) is 1. The van der Waals surface area contributed by atoms with Crippen molar-refractivity contribution in [2.24, 2.45) is 5.92 Å². The number of likely N-dealkylation sites (tertiary alicyclic amines) is 1. The molecule has 180 valence electrons. The minimum Gasteiger partial charge on any atom is -0.386 e. The van der Waals surface area contributed by atoms with Gasteiger partial charge >= 0.3 is 0 Å². The molecule has 0 saturated carbocycles. The quantitative estimate of drug-likeness (QED) is 0.544. The number of hydrogen-bond donors (Lipinski definition) is 2. The maximum Gasteiger partial charge on any atom is 0.264 e. The van der Waals surface area contributed by atoms with Crippen LogP contribution in [0.2, 0.25) is 0 Å². The van der Waals surface area contributed by atoms with E-state index in [0.717, 1.165) is 11.8 Å². The number of allylic oxidation sites excluding steroid dienone is 4. The van der Waals surface area contributed by atoms with E-state index < -0.39 is 15.6 Å². The summed E-state index contributed by atoms with van der Waals surface area (Å²) in [6.07, 6.45) is 11.3. The van der Waals surface area contributed by atoms with E-state index in [9.17, 15) is 18.3 Å². The van der Waals surface area contributed by atoms with Crippen molar-refractivity contribution in [2.45, 2.75) is 30.3 Å². The normalized spacial score (nSPS) is 18.9. The molecule has 5 rings (SSSR count). The number of para-hydroxylation sites is 1. The molecule has 2 N–H and O–H groups in total. The number of carbonyl (C=O) groups is 1. The Hall–Kier alpha value is -3.49. The van der Waals surface area contributed by atoms with Crippen molar-refractivity contribution in [3.63, 3.8) is 0 Å². The summed E-state index contributed by atoms with van der Waals surface area (Å²) in [5, 5.41) is 11.5. The van der Waals surface area contributed by atoms with E-state index in [2.05, 4.69) is 21.9 Å². The number of carbonyl (C=O) groups excluding carboxylic acids is 1. The lowest BCUT2D eigenvalue weighted by Crippen LogP contribution is -2.64. The van der Waals surface area contributed by atoms with Gasteiger partial charge in [-0.05, 0) is 61.6 Å². The van der Waals surface area contributed by atoms with E-state index in [1.807, 2.05) is 24.3 Å². The highest BCUT2D eigenvalue weighted by Gasteiger charge is 2.44. The average molecular weight is 490 g/mol. The van der Waals surface area contributed by atoms with Crippen LogP contribution in [0.1, 0.15) is 28.8 Å². The topological polar surface area (TPSA) is 99.6 Å². The number of nitrogens with zero attached hydrogens (tertiary/aromatic N) is 2. The molecule has 0 spiro atoms. The third-order valence-corrected chi connectivity index (χ3v) is 7.97. The number of aryl methyl sites for hydroxylation is 1. The Bertz CT molecular complexity index is 1450. The molecule has 1 aliphatic carbocycles. The molecule has 1 saturated heterocycles. The van der Waals surface area contributed by atoms with Crippen LogP contribution < -0.4 is 4.72 Å². The van der Waals surface area contributed by atoms with Gasteiger partial charge in [0.1, 0.15) is 10.5 Å². The number of amides is 1. The second kappa shape index (κ2) is 8.94. The summed E-state index contributed by atoms with van der Waals surface area (Å²) in [6.45, 7) is 2.34. The van der Waals surface area contributed by atoms with Crippen LogP contribution in [-0.4, -0.2) is 48.0 Å². The van der Waals surface area contributed by atoms with E-state index in [1.165, 1.54) is 6.07 Å². The molecule has 1 atom stereocenters. The van der Waals surface area contributed by atoms with E-state index in [0.29, 0.717) is 41.8 Å². The van der Waals surface area contributed by atoms with Gasteiger partial charge in [-0.15, -0.1) is 0 Å². The van der Waals surface area contributed by atoms with Gasteiger partial charge in [0.2, 0.25) is 0 Å². The highest BCUT2D eigenvalue weighted by atomic mass is 32.2. The van der Waals surface area contributed by atoms with Crippen molar-refractivity contribution in [1.29, 1.82) is 0 Å². The first-order valence-corrected chi connectivity index (χ1v) is 13.0. The summed E-state index contributed by atoms with van der Waals surface area (Å²) >= 11 is 0. The van der Waals surface area contributed by atoms with Gasteiger partial charge in [-0.2, -0.15) is 0 Å². The third-order valence-electron chi connectivity index (χ3n) is 6.57. The molecule has 35 heavy (non-hydrogen) atoms. The molecule has 8 heteroatoms. The molecule has 0 bridgehead atoms. The van der Waals surface area contributed by atoms with Gasteiger partial charge in [-0.1, -0.05) is 42.5 Å². The molecule has 0 radical (unpaired) electrons. The molecule has 1 amide bonds. The fourth-order valence-electron chi connectivity index (χ4n) is 4.79. The predicted octanol–water partition coefficient (Wildman–Crippen LogP) is 4.05. The van der Waals surface area contributed by atoms with E-state index in [1.54, 1.807) is 48.4 Å². The number of aromatic nitrogens is 1. The summed E-state index contributed by atoms with van der Waals surface area (Å²) in [6, 6.07) is 13.5. The summed E-state index contributed by atoms with van der Waals surface area (Å²) < 4.78 is 28.9. The van der Waals surface area contributed by atoms with Crippen LogP contribution in [0.5, 0.6) is 0 Å². The molecular formula is C27H27N3O4S. The van der Waals surface area contributed by atoms with Gasteiger partial charge in [0.15, 0.2) is 0 Å². The van der Waals surface area contributed by atoms with Crippen molar-refractivity contribution in [1.82, 2.24) is 9.88 Å². The van der Waals surface area contributed by atoms with Crippen LogP contribution in [-0.2, 0) is 10.0 Å². The molecule has 2 aliphatic rings. The maximum atomic E-state index is 13.1. The van der Waals surface area contributed by atoms with Crippen molar-refractivity contribution in [3.05, 3.63) is 90.2 Å². The van der Waals surface area contributed by atoms with E-state index >= 15 is 0 Å². The largest absolute Gasteiger partial charge is 0.386 e. The second-order valence-corrected chi connectivity index (χ2v) is 11.0. The molecular weight excluding hydrogens is 462 g/mol. The minimum absolute atomic E-state index is 0.0957. The first-order valence-electron chi connectivity index (χ1n) is 11.6. The lowest BCUT2D eigenvalue weighted by Gasteiger charge is -2.47. The number of rotatable bonds is 6. The van der Waals surface area contributed by atoms with Crippen LogP contribution in [0.15, 0.2) is 83.9 Å². The number of fused-ring (bicyclic) bond motifs is 1. The predicted molar refractivity (Wildman–Crippen MR) is 136 cm³/mol. The first kappa shape index (κ1) is 23.3. The minimum atomic E-state index is -3.89. The van der Waals surface area contributed by atoms with Crippen molar-refractivity contribution in [3.8, 4) is 0 Å². The maximum absolute atomic E-state index is 13.1. The standard InChI is InChI=1S/C27H27N3O4S/c1-19-15-22(26(31)30-17-27(32,18-30)16-20-7-3-2-4-8-20)12-13-23(19)29-35(33,34)24-11-5-9-21-10-6-14-28-25(21)24/h2-7,9-15,20,29,32H,8,16-18H2,1H3. The highest BCUT2D eigenvalue weighted by molar-refractivity contribution is 7.93. The zero-order valence-electron chi connectivity index (χ0n) is 19.4. The lowest BCUT2D eigenvalue weighted by molar-refractivity contribution is -0.0915. The van der Waals surface area contributed by atoms with Crippen molar-refractivity contribution in [2.75, 3.05) is 17.8 Å². The molecule has 3 aromatic rings. The monoisotopic (exact) mass is 489 g/mol. The van der Waals surface area contributed by atoms with E-state index in [4.69, 9.17) is 0 Å². The Morgan fingerprint density at radius 2 is 1.97 bits per heavy atom. The zero-order valence-corrected chi connectivity index (χ0v) is 20.2. The highest BCUT2D eigenvalue weighted by Crippen LogP contribution is 2.33. The van der Waals surface area contributed by atoms with Crippen molar-refractivity contribution >= 4 is 32.5 Å². The Balaban J connectivity index is 1.28. The second-order valence-electron chi connectivity index (χ2n) is 9.36. The zero-order chi connectivity index (χ0) is 24.6. The average Bonchev–Trinajstić information content (AvgIpc) is 2.83. The van der Waals surface area contributed by atoms with Crippen LogP contribution in [0.4, 0.5) is 5.69 Å². The van der Waals surface area contributed by atoms with Gasteiger partial charge < -0.3 is 10.0 Å². The Labute approximate surface area is 204 Å². The Morgan fingerprint density at radius 3 is 2.71 bits per heavy atom. The molecule has 7 nitrogen and oxygen atoms in total. The lowest BCUT2D eigenvalue weighted by atomic mass is 9.81. The fraction of sp³-hybridized carbons (Fsp3) is 0.259. The SMILES string of the molecule is Cc1cc(C(=O)N2CC(O)(CC3C=CC=CC3)C2)ccc1NS(=O)(=O)c1cccc2cccnc12. The molecule has 1 aromatic heterocycles. The summed E-state index contributed by atoms with van der Waals surface area (Å²) in [4.78, 5) is 18.9. The molecule has 2 heterocycles. The van der Waals surface area contributed by atoms with E-state index in [-0.39, 0.29) is 16.7 Å². The number of aliphatic hydroxyl groups is 1. The Morgan fingerprint density at radius 1 is 1.17 bits per heavy atom. The number of pyridine rings is 1. The molecule has 1 fully saturated rings. The number of anilines is 1. The molecule has 1 aliphatic heterocycles. The van der Waals surface area contributed by atoms with Crippen molar-refractivity contribution < 1.29 is 18.3 Å². The van der Waals surface area contributed by atoms with Crippen LogP contribution >= 0.6 is 0 Å².